The van der Waals surface area contributed by atoms with Gasteiger partial charge in [0.2, 0.25) is 0 Å². The van der Waals surface area contributed by atoms with Crippen molar-refractivity contribution in [3.8, 4) is 0 Å². The number of likely N-dealkylation sites (tertiary alicyclic amines) is 1. The Morgan fingerprint density at radius 3 is 2.74 bits per heavy atom. The number of nitrogens with zero attached hydrogens (tertiary/aromatic N) is 4. The van der Waals surface area contributed by atoms with Gasteiger partial charge in [0.15, 0.2) is 0 Å². The Kier molecular flexibility index (Phi) is 7.85. The smallest absolute Gasteiger partial charge is 0.132 e. The van der Waals surface area contributed by atoms with E-state index < -0.39 is 0 Å². The summed E-state index contributed by atoms with van der Waals surface area (Å²) in [6.07, 6.45) is 6.90. The van der Waals surface area contributed by atoms with E-state index in [-0.39, 0.29) is 0 Å². The molecule has 6 nitrogen and oxygen atoms in total. The van der Waals surface area contributed by atoms with Crippen LogP contribution in [0.3, 0.4) is 0 Å². The molecule has 0 aromatic carbocycles. The molecule has 1 aromatic rings. The van der Waals surface area contributed by atoms with E-state index in [1.54, 1.807) is 0 Å². The van der Waals surface area contributed by atoms with E-state index in [4.69, 9.17) is 0 Å². The molecule has 3 heterocycles. The third kappa shape index (κ3) is 6.13. The highest BCUT2D eigenvalue weighted by atomic mass is 16.3. The Morgan fingerprint density at radius 2 is 2.00 bits per heavy atom. The van der Waals surface area contributed by atoms with Crippen LogP contribution in [0, 0.1) is 12.8 Å². The van der Waals surface area contributed by atoms with E-state index in [2.05, 4.69) is 38.1 Å². The van der Waals surface area contributed by atoms with Crippen LogP contribution in [-0.4, -0.2) is 71.9 Å². The maximum Gasteiger partial charge on any atom is 0.132 e. The molecular formula is C21H37N5O. The lowest BCUT2D eigenvalue weighted by Crippen LogP contribution is -2.46. The maximum atomic E-state index is 9.37. The van der Waals surface area contributed by atoms with Crippen LogP contribution in [0.4, 0.5) is 5.82 Å². The quantitative estimate of drug-likeness (QED) is 0.725. The summed E-state index contributed by atoms with van der Waals surface area (Å²) in [4.78, 5) is 14.2. The molecule has 1 atom stereocenters. The molecule has 0 spiro atoms. The van der Waals surface area contributed by atoms with Crippen molar-refractivity contribution in [1.29, 1.82) is 0 Å². The first-order chi connectivity index (χ1) is 13.2. The van der Waals surface area contributed by atoms with Gasteiger partial charge in [-0.15, -0.1) is 0 Å². The standard InChI is InChI=1S/C21H37N5O/c1-3-5-20-14-21(24-17(2)23-20)26-11-7-19(8-12-26)22-9-13-25-10-4-6-18(15-25)16-27/h14,18-19,22,27H,3-13,15-16H2,1-2H3/t18-/m1/s1. The predicted octanol–water partition coefficient (Wildman–Crippen LogP) is 2.00. The number of aliphatic hydroxyl groups excluding tert-OH is 1. The van der Waals surface area contributed by atoms with Crippen molar-refractivity contribution in [2.45, 2.75) is 58.4 Å². The molecule has 2 N–H and O–H groups in total. The molecule has 0 amide bonds. The Balaban J connectivity index is 1.40. The Morgan fingerprint density at radius 1 is 1.19 bits per heavy atom. The van der Waals surface area contributed by atoms with E-state index in [9.17, 15) is 5.11 Å². The number of hydrogen-bond acceptors (Lipinski definition) is 6. The van der Waals surface area contributed by atoms with Crippen LogP contribution in [0.2, 0.25) is 0 Å². The number of anilines is 1. The molecule has 2 saturated heterocycles. The zero-order valence-corrected chi connectivity index (χ0v) is 17.2. The van der Waals surface area contributed by atoms with Crippen molar-refractivity contribution in [2.24, 2.45) is 5.92 Å². The first-order valence-electron chi connectivity index (χ1n) is 10.8. The number of aryl methyl sites for hydroxylation is 2. The maximum absolute atomic E-state index is 9.37. The molecule has 27 heavy (non-hydrogen) atoms. The van der Waals surface area contributed by atoms with Crippen LogP contribution in [-0.2, 0) is 6.42 Å². The molecule has 0 bridgehead atoms. The molecule has 2 aliphatic heterocycles. The third-order valence-corrected chi connectivity index (χ3v) is 5.92. The van der Waals surface area contributed by atoms with Crippen molar-refractivity contribution in [3.63, 3.8) is 0 Å². The average molecular weight is 376 g/mol. The molecule has 2 aliphatic rings. The van der Waals surface area contributed by atoms with Gasteiger partial charge in [0.05, 0.1) is 0 Å². The van der Waals surface area contributed by atoms with E-state index in [1.165, 1.54) is 37.9 Å². The van der Waals surface area contributed by atoms with Gasteiger partial charge in [-0.3, -0.25) is 0 Å². The fraction of sp³-hybridized carbons (Fsp3) is 0.810. The number of piperidine rings is 2. The molecule has 2 fully saturated rings. The SMILES string of the molecule is CCCc1cc(N2CCC(NCCN3CCC[C@@H](CO)C3)CC2)nc(C)n1. The number of rotatable bonds is 8. The van der Waals surface area contributed by atoms with Crippen LogP contribution in [0.25, 0.3) is 0 Å². The minimum atomic E-state index is 0.338. The monoisotopic (exact) mass is 375 g/mol. The molecule has 0 aliphatic carbocycles. The van der Waals surface area contributed by atoms with Gasteiger partial charge in [0, 0.05) is 57.1 Å². The second kappa shape index (κ2) is 10.3. The van der Waals surface area contributed by atoms with Crippen LogP contribution in [0.1, 0.15) is 50.5 Å². The van der Waals surface area contributed by atoms with Crippen LogP contribution in [0.5, 0.6) is 0 Å². The summed E-state index contributed by atoms with van der Waals surface area (Å²) >= 11 is 0. The summed E-state index contributed by atoms with van der Waals surface area (Å²) < 4.78 is 0. The molecule has 0 radical (unpaired) electrons. The van der Waals surface area contributed by atoms with Crippen LogP contribution in [0.15, 0.2) is 6.07 Å². The fourth-order valence-electron chi connectivity index (χ4n) is 4.40. The number of aliphatic hydroxyl groups is 1. The van der Waals surface area contributed by atoms with Gasteiger partial charge >= 0.3 is 0 Å². The lowest BCUT2D eigenvalue weighted by Gasteiger charge is -2.35. The minimum Gasteiger partial charge on any atom is -0.396 e. The van der Waals surface area contributed by atoms with Gasteiger partial charge in [-0.2, -0.15) is 0 Å². The van der Waals surface area contributed by atoms with Gasteiger partial charge in [-0.05, 0) is 51.5 Å². The highest BCUT2D eigenvalue weighted by molar-refractivity contribution is 5.40. The number of nitrogens with one attached hydrogen (secondary N) is 1. The first kappa shape index (κ1) is 20.5. The second-order valence-corrected chi connectivity index (χ2v) is 8.22. The predicted molar refractivity (Wildman–Crippen MR) is 110 cm³/mol. The van der Waals surface area contributed by atoms with E-state index in [1.807, 2.05) is 6.92 Å². The van der Waals surface area contributed by atoms with E-state index in [0.717, 1.165) is 57.2 Å². The van der Waals surface area contributed by atoms with Crippen LogP contribution < -0.4 is 10.2 Å². The van der Waals surface area contributed by atoms with Crippen molar-refractivity contribution in [3.05, 3.63) is 17.6 Å². The van der Waals surface area contributed by atoms with E-state index in [0.29, 0.717) is 18.6 Å². The zero-order chi connectivity index (χ0) is 19.1. The molecule has 0 saturated carbocycles. The molecule has 0 unspecified atom stereocenters. The zero-order valence-electron chi connectivity index (χ0n) is 17.2. The summed E-state index contributed by atoms with van der Waals surface area (Å²) in [6, 6.07) is 2.79. The summed E-state index contributed by atoms with van der Waals surface area (Å²) in [5, 5.41) is 13.1. The first-order valence-corrected chi connectivity index (χ1v) is 10.8. The van der Waals surface area contributed by atoms with Gasteiger partial charge in [0.25, 0.3) is 0 Å². The molecule has 1 aromatic heterocycles. The highest BCUT2D eigenvalue weighted by Crippen LogP contribution is 2.20. The minimum absolute atomic E-state index is 0.338. The topological polar surface area (TPSA) is 64.5 Å². The normalized spacial score (nSPS) is 22.3. The number of hydrogen-bond donors (Lipinski definition) is 2. The van der Waals surface area contributed by atoms with Crippen molar-refractivity contribution in [2.75, 3.05) is 50.8 Å². The van der Waals surface area contributed by atoms with Crippen molar-refractivity contribution < 1.29 is 5.11 Å². The molecule has 3 rings (SSSR count). The van der Waals surface area contributed by atoms with Crippen molar-refractivity contribution >= 4 is 5.82 Å². The lowest BCUT2D eigenvalue weighted by molar-refractivity contribution is 0.120. The molecular weight excluding hydrogens is 338 g/mol. The average Bonchev–Trinajstić information content (AvgIpc) is 2.68. The Labute approximate surface area is 164 Å². The van der Waals surface area contributed by atoms with Gasteiger partial charge in [-0.1, -0.05) is 13.3 Å². The fourth-order valence-corrected chi connectivity index (χ4v) is 4.40. The van der Waals surface area contributed by atoms with Gasteiger partial charge in [0.1, 0.15) is 11.6 Å². The molecule has 6 heteroatoms. The van der Waals surface area contributed by atoms with Gasteiger partial charge in [-0.25, -0.2) is 9.97 Å². The second-order valence-electron chi connectivity index (χ2n) is 8.22. The largest absolute Gasteiger partial charge is 0.396 e. The van der Waals surface area contributed by atoms with Gasteiger partial charge < -0.3 is 20.2 Å². The van der Waals surface area contributed by atoms with Crippen molar-refractivity contribution in [1.82, 2.24) is 20.2 Å². The third-order valence-electron chi connectivity index (χ3n) is 5.92. The molecule has 152 valence electrons. The summed E-state index contributed by atoms with van der Waals surface area (Å²) in [5.74, 6) is 2.47. The summed E-state index contributed by atoms with van der Waals surface area (Å²) in [5.41, 5.74) is 1.17. The Hall–Kier alpha value is -1.24. The lowest BCUT2D eigenvalue weighted by atomic mass is 9.99. The number of aromatic nitrogens is 2. The van der Waals surface area contributed by atoms with E-state index >= 15 is 0 Å². The summed E-state index contributed by atoms with van der Waals surface area (Å²) in [6.45, 7) is 11.1. The summed E-state index contributed by atoms with van der Waals surface area (Å²) in [7, 11) is 0. The highest BCUT2D eigenvalue weighted by Gasteiger charge is 2.22. The van der Waals surface area contributed by atoms with Crippen LogP contribution >= 0.6 is 0 Å². The Bertz CT molecular complexity index is 574.